The molecule has 0 fully saturated rings. The molecular weight excluding hydrogens is 353 g/mol. The summed E-state index contributed by atoms with van der Waals surface area (Å²) in [5.41, 5.74) is 4.75. The lowest BCUT2D eigenvalue weighted by atomic mass is 10.0. The summed E-state index contributed by atoms with van der Waals surface area (Å²) in [7, 11) is 2.65. The van der Waals surface area contributed by atoms with Crippen LogP contribution in [0, 0.1) is 0 Å². The van der Waals surface area contributed by atoms with Crippen molar-refractivity contribution in [2.24, 2.45) is 0 Å². The SMILES string of the molecule is CNc1nc(N)nc(-c2ccc(-n3cnnn3)cc2OC)c1C(F)(F)F. The van der Waals surface area contributed by atoms with Crippen LogP contribution < -0.4 is 15.8 Å². The zero-order chi connectivity index (χ0) is 18.9. The molecule has 0 spiro atoms. The van der Waals surface area contributed by atoms with Crippen molar-refractivity contribution < 1.29 is 17.9 Å². The first-order valence-corrected chi connectivity index (χ1v) is 7.19. The molecule has 0 radical (unpaired) electrons. The number of rotatable bonds is 4. The molecule has 2 aromatic heterocycles. The van der Waals surface area contributed by atoms with Crippen molar-refractivity contribution in [1.82, 2.24) is 30.2 Å². The molecule has 0 saturated carbocycles. The van der Waals surface area contributed by atoms with Gasteiger partial charge in [0.15, 0.2) is 0 Å². The average Bonchev–Trinajstić information content (AvgIpc) is 3.13. The number of nitrogens with two attached hydrogens (primary N) is 1. The Bertz CT molecular complexity index is 927. The van der Waals surface area contributed by atoms with Crippen LogP contribution in [0.4, 0.5) is 24.9 Å². The van der Waals surface area contributed by atoms with Crippen molar-refractivity contribution in [1.29, 1.82) is 0 Å². The highest BCUT2D eigenvalue weighted by molar-refractivity contribution is 5.76. The molecule has 0 atom stereocenters. The third kappa shape index (κ3) is 3.08. The summed E-state index contributed by atoms with van der Waals surface area (Å²) in [5, 5.41) is 13.2. The fourth-order valence-corrected chi connectivity index (χ4v) is 2.42. The number of hydrogen-bond acceptors (Lipinski definition) is 8. The van der Waals surface area contributed by atoms with Gasteiger partial charge in [-0.05, 0) is 22.6 Å². The van der Waals surface area contributed by atoms with Gasteiger partial charge in [0.2, 0.25) is 5.95 Å². The molecule has 9 nitrogen and oxygen atoms in total. The second-order valence-corrected chi connectivity index (χ2v) is 5.04. The van der Waals surface area contributed by atoms with Crippen molar-refractivity contribution in [2.45, 2.75) is 6.18 Å². The summed E-state index contributed by atoms with van der Waals surface area (Å²) in [6, 6.07) is 4.45. The van der Waals surface area contributed by atoms with Crippen molar-refractivity contribution in [2.75, 3.05) is 25.2 Å². The molecule has 2 heterocycles. The maximum atomic E-state index is 13.6. The summed E-state index contributed by atoms with van der Waals surface area (Å²) in [6.45, 7) is 0. The molecule has 1 aromatic carbocycles. The van der Waals surface area contributed by atoms with Crippen LogP contribution in [0.5, 0.6) is 5.75 Å². The number of benzene rings is 1. The van der Waals surface area contributed by atoms with Crippen LogP contribution in [-0.2, 0) is 6.18 Å². The minimum Gasteiger partial charge on any atom is -0.496 e. The number of nitrogens with one attached hydrogen (secondary N) is 1. The Kier molecular flexibility index (Phi) is 4.32. The molecule has 0 unspecified atom stereocenters. The van der Waals surface area contributed by atoms with E-state index in [0.717, 1.165) is 0 Å². The second-order valence-electron chi connectivity index (χ2n) is 5.04. The highest BCUT2D eigenvalue weighted by Gasteiger charge is 2.39. The van der Waals surface area contributed by atoms with Crippen molar-refractivity contribution in [3.05, 3.63) is 30.1 Å². The standard InChI is InChI=1S/C14H13F3N8O/c1-19-12-10(14(15,16)17)11(21-13(18)22-12)8-4-3-7(5-9(8)26-2)25-6-20-23-24-25/h3-6H,1-2H3,(H3,18,19,21,22). The van der Waals surface area contributed by atoms with Gasteiger partial charge >= 0.3 is 6.18 Å². The molecule has 0 amide bonds. The zero-order valence-electron chi connectivity index (χ0n) is 13.6. The summed E-state index contributed by atoms with van der Waals surface area (Å²) in [6.07, 6.45) is -3.36. The average molecular weight is 366 g/mol. The number of halogens is 3. The number of ether oxygens (including phenoxy) is 1. The van der Waals surface area contributed by atoms with Crippen molar-refractivity contribution in [3.63, 3.8) is 0 Å². The third-order valence-electron chi connectivity index (χ3n) is 3.50. The van der Waals surface area contributed by atoms with Gasteiger partial charge in [-0.3, -0.25) is 0 Å². The predicted molar refractivity (Wildman–Crippen MR) is 85.7 cm³/mol. The summed E-state index contributed by atoms with van der Waals surface area (Å²) in [5.74, 6) is -0.584. The maximum absolute atomic E-state index is 13.6. The molecule has 0 aliphatic heterocycles. The predicted octanol–water partition coefficient (Wildman–Crippen LogP) is 1.77. The van der Waals surface area contributed by atoms with Crippen LogP contribution >= 0.6 is 0 Å². The van der Waals surface area contributed by atoms with Crippen molar-refractivity contribution >= 4 is 11.8 Å². The van der Waals surface area contributed by atoms with E-state index in [1.165, 1.54) is 43.4 Å². The Morgan fingerprint density at radius 2 is 2.00 bits per heavy atom. The van der Waals surface area contributed by atoms with Crippen LogP contribution in [0.3, 0.4) is 0 Å². The fraction of sp³-hybridized carbons (Fsp3) is 0.214. The van der Waals surface area contributed by atoms with Gasteiger partial charge in [-0.2, -0.15) is 18.2 Å². The number of tetrazole rings is 1. The molecule has 136 valence electrons. The first-order chi connectivity index (χ1) is 12.3. The van der Waals surface area contributed by atoms with Crippen LogP contribution in [0.25, 0.3) is 16.9 Å². The highest BCUT2D eigenvalue weighted by atomic mass is 19.4. The van der Waals surface area contributed by atoms with E-state index in [9.17, 15) is 13.2 Å². The largest absolute Gasteiger partial charge is 0.496 e. The normalized spacial score (nSPS) is 11.4. The summed E-state index contributed by atoms with van der Waals surface area (Å²) < 4.78 is 47.4. The van der Waals surface area contributed by atoms with E-state index >= 15 is 0 Å². The van der Waals surface area contributed by atoms with Crippen molar-refractivity contribution in [3.8, 4) is 22.7 Å². The Labute approximate surface area is 145 Å². The molecule has 26 heavy (non-hydrogen) atoms. The highest BCUT2D eigenvalue weighted by Crippen LogP contribution is 2.43. The second kappa shape index (κ2) is 6.46. The van der Waals surface area contributed by atoms with Gasteiger partial charge in [-0.1, -0.05) is 0 Å². The molecule has 0 saturated heterocycles. The number of hydrogen-bond donors (Lipinski definition) is 2. The van der Waals surface area contributed by atoms with E-state index in [4.69, 9.17) is 10.5 Å². The Morgan fingerprint density at radius 1 is 1.23 bits per heavy atom. The Hall–Kier alpha value is -3.44. The first-order valence-electron chi connectivity index (χ1n) is 7.19. The third-order valence-corrected chi connectivity index (χ3v) is 3.50. The summed E-state index contributed by atoms with van der Waals surface area (Å²) >= 11 is 0. The number of methoxy groups -OCH3 is 1. The van der Waals surface area contributed by atoms with Crippen LogP contribution in [-0.4, -0.2) is 44.3 Å². The monoisotopic (exact) mass is 366 g/mol. The lowest BCUT2D eigenvalue weighted by molar-refractivity contribution is -0.136. The molecule has 0 bridgehead atoms. The number of nitrogens with zero attached hydrogens (tertiary/aromatic N) is 6. The number of nitrogen functional groups attached to an aromatic ring is 1. The van der Waals surface area contributed by atoms with Gasteiger partial charge in [0.25, 0.3) is 0 Å². The summed E-state index contributed by atoms with van der Waals surface area (Å²) in [4.78, 5) is 7.42. The van der Waals surface area contributed by atoms with Gasteiger partial charge in [-0.25, -0.2) is 9.67 Å². The molecule has 0 aliphatic carbocycles. The molecule has 3 N–H and O–H groups in total. The van der Waals surface area contributed by atoms with E-state index in [1.54, 1.807) is 0 Å². The fourth-order valence-electron chi connectivity index (χ4n) is 2.42. The van der Waals surface area contributed by atoms with E-state index in [-0.39, 0.29) is 17.3 Å². The lowest BCUT2D eigenvalue weighted by Crippen LogP contribution is -2.15. The zero-order valence-corrected chi connectivity index (χ0v) is 13.6. The number of anilines is 2. The minimum atomic E-state index is -4.71. The van der Waals surface area contributed by atoms with E-state index in [1.807, 2.05) is 0 Å². The molecule has 12 heteroatoms. The van der Waals surface area contributed by atoms with Gasteiger partial charge in [0, 0.05) is 18.7 Å². The van der Waals surface area contributed by atoms with Crippen LogP contribution in [0.2, 0.25) is 0 Å². The van der Waals surface area contributed by atoms with Gasteiger partial charge in [-0.15, -0.1) is 5.10 Å². The van der Waals surface area contributed by atoms with Crippen LogP contribution in [0.1, 0.15) is 5.56 Å². The van der Waals surface area contributed by atoms with Gasteiger partial charge < -0.3 is 15.8 Å². The molecular formula is C14H13F3N8O. The van der Waals surface area contributed by atoms with E-state index in [0.29, 0.717) is 5.69 Å². The number of aromatic nitrogens is 6. The van der Waals surface area contributed by atoms with Gasteiger partial charge in [0.05, 0.1) is 18.5 Å². The molecule has 0 aliphatic rings. The van der Waals surface area contributed by atoms with Crippen LogP contribution in [0.15, 0.2) is 24.5 Å². The minimum absolute atomic E-state index is 0.0993. The maximum Gasteiger partial charge on any atom is 0.422 e. The topological polar surface area (TPSA) is 117 Å². The Balaban J connectivity index is 2.25. The quantitative estimate of drug-likeness (QED) is 0.718. The molecule has 3 aromatic rings. The van der Waals surface area contributed by atoms with E-state index < -0.39 is 23.3 Å². The Morgan fingerprint density at radius 3 is 2.58 bits per heavy atom. The molecule has 3 rings (SSSR count). The lowest BCUT2D eigenvalue weighted by Gasteiger charge is -2.18. The van der Waals surface area contributed by atoms with Gasteiger partial charge in [0.1, 0.15) is 23.5 Å². The van der Waals surface area contributed by atoms with E-state index in [2.05, 4.69) is 30.8 Å². The number of alkyl halides is 3. The first kappa shape index (κ1) is 17.4. The smallest absolute Gasteiger partial charge is 0.422 e.